The van der Waals surface area contributed by atoms with Crippen LogP contribution in [0.1, 0.15) is 43.6 Å². The van der Waals surface area contributed by atoms with Gasteiger partial charge in [0.2, 0.25) is 0 Å². The number of nitrogens with zero attached hydrogens (tertiary/aromatic N) is 2. The zero-order valence-electron chi connectivity index (χ0n) is 17.6. The predicted molar refractivity (Wildman–Crippen MR) is 117 cm³/mol. The van der Waals surface area contributed by atoms with Gasteiger partial charge in [0, 0.05) is 5.56 Å². The highest BCUT2D eigenvalue weighted by molar-refractivity contribution is 7.87. The van der Waals surface area contributed by atoms with Crippen LogP contribution < -0.4 is 10.7 Å². The largest absolute Gasteiger partial charge is 0.420 e. The molecule has 8 nitrogen and oxygen atoms in total. The summed E-state index contributed by atoms with van der Waals surface area (Å²) in [6, 6.07) is 11.6. The van der Waals surface area contributed by atoms with Crippen LogP contribution in [0.5, 0.6) is 0 Å². The number of nitrogens with two attached hydrogens (primary N) is 1. The Morgan fingerprint density at radius 2 is 1.84 bits per heavy atom. The van der Waals surface area contributed by atoms with Crippen molar-refractivity contribution in [2.45, 2.75) is 50.6 Å². The highest BCUT2D eigenvalue weighted by atomic mass is 35.5. The molecule has 0 fully saturated rings. The Balaban J connectivity index is 2.09. The highest BCUT2D eigenvalue weighted by Crippen LogP contribution is 2.37. The van der Waals surface area contributed by atoms with E-state index in [1.807, 2.05) is 57.0 Å². The fraction of sp³-hybridized carbons (Fsp3) is 0.333. The second-order valence-corrected chi connectivity index (χ2v) is 10.2. The van der Waals surface area contributed by atoms with Gasteiger partial charge in [-0.05, 0) is 63.9 Å². The summed E-state index contributed by atoms with van der Waals surface area (Å²) in [7, 11) is -4.58. The molecule has 0 aromatic heterocycles. The first-order chi connectivity index (χ1) is 14.3. The molecule has 3 rings (SSSR count). The second-order valence-electron chi connectivity index (χ2n) is 8.32. The van der Waals surface area contributed by atoms with Gasteiger partial charge in [-0.1, -0.05) is 29.8 Å². The molecule has 1 aliphatic rings. The Labute approximate surface area is 186 Å². The molecule has 10 heteroatoms. The monoisotopic (exact) mass is 465 g/mol. The summed E-state index contributed by atoms with van der Waals surface area (Å²) in [5.41, 5.74) is 6.32. The molecule has 2 N–H and O–H groups in total. The van der Waals surface area contributed by atoms with Gasteiger partial charge >= 0.3 is 16.2 Å². The normalized spacial score (nSPS) is 16.0. The molecular formula is C21H24ClN3O5S. The molecule has 166 valence electrons. The number of para-hydroxylation sites is 1. The summed E-state index contributed by atoms with van der Waals surface area (Å²) in [5, 5.41) is 3.35. The molecule has 1 aliphatic heterocycles. The Morgan fingerprint density at radius 3 is 2.45 bits per heavy atom. The molecule has 2 aromatic rings. The van der Waals surface area contributed by atoms with Crippen LogP contribution >= 0.6 is 11.6 Å². The Bertz CT molecular complexity index is 1140. The van der Waals surface area contributed by atoms with Crippen molar-refractivity contribution in [2.75, 3.05) is 5.01 Å². The molecule has 2 aromatic carbocycles. The van der Waals surface area contributed by atoms with Crippen molar-refractivity contribution < 1.29 is 22.2 Å². The quantitative estimate of drug-likeness (QED) is 0.689. The number of primary amides is 1. The van der Waals surface area contributed by atoms with Crippen molar-refractivity contribution >= 4 is 39.4 Å². The van der Waals surface area contributed by atoms with Crippen molar-refractivity contribution in [3.05, 3.63) is 58.6 Å². The van der Waals surface area contributed by atoms with E-state index < -0.39 is 32.6 Å². The summed E-state index contributed by atoms with van der Waals surface area (Å²) in [6.45, 7) is 7.69. The van der Waals surface area contributed by atoms with E-state index in [-0.39, 0.29) is 16.6 Å². The van der Waals surface area contributed by atoms with E-state index in [0.29, 0.717) is 0 Å². The van der Waals surface area contributed by atoms with Gasteiger partial charge in [0.15, 0.2) is 0 Å². The standard InChI is InChI=1S/C21H24ClN3O5S/c1-13-11-14-7-5-6-8-17(14)24(13)25(21(2,3)4)19(26)15-9-10-16(22)18(12-15)31(28,29)30-20(23)27/h5-10,12-13H,11H2,1-4H3,(H2,23,27)/t13-/m1/s1. The fourth-order valence-corrected chi connectivity index (χ4v) is 4.97. The number of hydrazine groups is 1. The van der Waals surface area contributed by atoms with Gasteiger partial charge in [-0.2, -0.15) is 8.42 Å². The van der Waals surface area contributed by atoms with Gasteiger partial charge in [-0.25, -0.2) is 9.80 Å². The number of amides is 2. The smallest absolute Gasteiger partial charge is 0.334 e. The SMILES string of the molecule is C[C@@H]1Cc2ccccc2N1N(C(=O)c1ccc(Cl)c(S(=O)(=O)OC(N)=O)c1)C(C)(C)C. The maximum Gasteiger partial charge on any atom is 0.420 e. The van der Waals surface area contributed by atoms with Crippen LogP contribution in [0.3, 0.4) is 0 Å². The van der Waals surface area contributed by atoms with Crippen LogP contribution in [0.4, 0.5) is 10.5 Å². The van der Waals surface area contributed by atoms with E-state index in [4.69, 9.17) is 17.3 Å². The van der Waals surface area contributed by atoms with E-state index in [9.17, 15) is 18.0 Å². The fourth-order valence-electron chi connectivity index (χ4n) is 3.68. The zero-order chi connectivity index (χ0) is 23.1. The van der Waals surface area contributed by atoms with Gasteiger partial charge in [0.05, 0.1) is 22.3 Å². The third-order valence-corrected chi connectivity index (χ3v) is 6.56. The van der Waals surface area contributed by atoms with E-state index in [2.05, 4.69) is 4.18 Å². The van der Waals surface area contributed by atoms with E-state index >= 15 is 0 Å². The van der Waals surface area contributed by atoms with Crippen molar-refractivity contribution in [1.82, 2.24) is 5.01 Å². The van der Waals surface area contributed by atoms with Gasteiger partial charge in [-0.15, -0.1) is 0 Å². The summed E-state index contributed by atoms with van der Waals surface area (Å²) in [4.78, 5) is 24.1. The summed E-state index contributed by atoms with van der Waals surface area (Å²) in [6.07, 6.45) is -0.727. The third kappa shape index (κ3) is 4.47. The minimum absolute atomic E-state index is 0.00859. The number of fused-ring (bicyclic) bond motifs is 1. The van der Waals surface area contributed by atoms with Gasteiger partial charge < -0.3 is 9.92 Å². The van der Waals surface area contributed by atoms with Crippen LogP contribution in [0.25, 0.3) is 0 Å². The molecule has 2 amide bonds. The number of hydrogen-bond donors (Lipinski definition) is 1. The van der Waals surface area contributed by atoms with E-state index in [0.717, 1.165) is 23.7 Å². The highest BCUT2D eigenvalue weighted by Gasteiger charge is 2.39. The number of benzene rings is 2. The van der Waals surface area contributed by atoms with Crippen LogP contribution in [0.15, 0.2) is 47.4 Å². The number of halogens is 1. The predicted octanol–water partition coefficient (Wildman–Crippen LogP) is 3.73. The molecule has 0 spiro atoms. The summed E-state index contributed by atoms with van der Waals surface area (Å²) in [5.74, 6) is -0.428. The minimum atomic E-state index is -4.58. The van der Waals surface area contributed by atoms with E-state index in [1.54, 1.807) is 5.01 Å². The number of rotatable bonds is 4. The number of hydrogen-bond acceptors (Lipinski definition) is 6. The lowest BCUT2D eigenvalue weighted by atomic mass is 10.1. The molecule has 1 atom stereocenters. The van der Waals surface area contributed by atoms with Crippen LogP contribution in [0, 0.1) is 0 Å². The van der Waals surface area contributed by atoms with Crippen LogP contribution in [0.2, 0.25) is 5.02 Å². The number of carbonyl (C=O) groups excluding carboxylic acids is 2. The molecular weight excluding hydrogens is 442 g/mol. The maximum absolute atomic E-state index is 13.7. The molecule has 0 radical (unpaired) electrons. The van der Waals surface area contributed by atoms with Crippen molar-refractivity contribution in [3.8, 4) is 0 Å². The molecule has 1 heterocycles. The Kier molecular flexibility index (Phi) is 5.94. The van der Waals surface area contributed by atoms with Gasteiger partial charge in [0.1, 0.15) is 4.90 Å². The molecule has 0 unspecified atom stereocenters. The zero-order valence-corrected chi connectivity index (χ0v) is 19.2. The van der Waals surface area contributed by atoms with Crippen molar-refractivity contribution in [2.24, 2.45) is 5.73 Å². The third-order valence-electron chi connectivity index (χ3n) is 4.85. The lowest BCUT2D eigenvalue weighted by molar-refractivity contribution is 0.0521. The van der Waals surface area contributed by atoms with Crippen molar-refractivity contribution in [1.29, 1.82) is 0 Å². The Morgan fingerprint density at radius 1 is 1.19 bits per heavy atom. The first kappa shape index (κ1) is 22.9. The maximum atomic E-state index is 13.7. The lowest BCUT2D eigenvalue weighted by Gasteiger charge is -2.45. The topological polar surface area (TPSA) is 110 Å². The molecule has 0 saturated heterocycles. The van der Waals surface area contributed by atoms with Crippen molar-refractivity contribution in [3.63, 3.8) is 0 Å². The molecule has 0 bridgehead atoms. The number of carbonyl (C=O) groups is 2. The average molecular weight is 466 g/mol. The average Bonchev–Trinajstić information content (AvgIpc) is 2.96. The Hall–Kier alpha value is -2.78. The minimum Gasteiger partial charge on any atom is -0.334 e. The second kappa shape index (κ2) is 8.05. The summed E-state index contributed by atoms with van der Waals surface area (Å²) >= 11 is 6.01. The van der Waals surface area contributed by atoms with Crippen LogP contribution in [-0.4, -0.2) is 37.0 Å². The first-order valence-electron chi connectivity index (χ1n) is 9.58. The van der Waals surface area contributed by atoms with Crippen LogP contribution in [-0.2, 0) is 20.7 Å². The van der Waals surface area contributed by atoms with Gasteiger partial charge in [-0.3, -0.25) is 9.80 Å². The lowest BCUT2D eigenvalue weighted by Crippen LogP contribution is -2.58. The van der Waals surface area contributed by atoms with E-state index in [1.165, 1.54) is 12.1 Å². The first-order valence-corrected chi connectivity index (χ1v) is 11.4. The molecule has 0 aliphatic carbocycles. The van der Waals surface area contributed by atoms with Gasteiger partial charge in [0.25, 0.3) is 5.91 Å². The number of anilines is 1. The summed E-state index contributed by atoms with van der Waals surface area (Å²) < 4.78 is 28.9. The molecule has 31 heavy (non-hydrogen) atoms. The molecule has 0 saturated carbocycles.